The first-order valence-electron chi connectivity index (χ1n) is 7.95. The first kappa shape index (κ1) is 19.3. The fraction of sp³-hybridized carbons (Fsp3) is 0.263. The van der Waals surface area contributed by atoms with E-state index < -0.39 is 5.97 Å². The molecule has 0 aromatic heterocycles. The molecule has 4 nitrogen and oxygen atoms in total. The fourth-order valence-corrected chi connectivity index (χ4v) is 2.79. The minimum absolute atomic E-state index is 0.0696. The van der Waals surface area contributed by atoms with Crippen molar-refractivity contribution in [3.8, 4) is 0 Å². The van der Waals surface area contributed by atoms with Crippen molar-refractivity contribution in [3.05, 3.63) is 69.7 Å². The Hall–Kier alpha value is -2.04. The van der Waals surface area contributed by atoms with Gasteiger partial charge in [0.2, 0.25) is 0 Å². The van der Waals surface area contributed by atoms with Crippen LogP contribution in [0.4, 0.5) is 0 Å². The lowest BCUT2D eigenvalue weighted by Gasteiger charge is -2.08. The third-order valence-electron chi connectivity index (χ3n) is 3.55. The molecule has 132 valence electrons. The summed E-state index contributed by atoms with van der Waals surface area (Å²) in [7, 11) is 0. The lowest BCUT2D eigenvalue weighted by molar-refractivity contribution is -0.147. The van der Waals surface area contributed by atoms with Crippen molar-refractivity contribution in [3.63, 3.8) is 0 Å². The van der Waals surface area contributed by atoms with E-state index in [0.29, 0.717) is 22.2 Å². The third-order valence-corrected chi connectivity index (χ3v) is 4.26. The van der Waals surface area contributed by atoms with E-state index in [-0.39, 0.29) is 18.9 Å². The number of hydrogen-bond acceptors (Lipinski definition) is 3. The molecule has 0 unspecified atom stereocenters. The van der Waals surface area contributed by atoms with Gasteiger partial charge in [-0.25, -0.2) is 0 Å². The molecule has 2 aromatic carbocycles. The summed E-state index contributed by atoms with van der Waals surface area (Å²) in [6.45, 7) is 0.216. The van der Waals surface area contributed by atoms with E-state index in [2.05, 4.69) is 5.32 Å². The van der Waals surface area contributed by atoms with Crippen molar-refractivity contribution < 1.29 is 14.3 Å². The summed E-state index contributed by atoms with van der Waals surface area (Å²) in [4.78, 5) is 23.5. The summed E-state index contributed by atoms with van der Waals surface area (Å²) in [6.07, 6.45) is 1.63. The van der Waals surface area contributed by atoms with Crippen LogP contribution in [0, 0.1) is 0 Å². The standard InChI is InChI=1S/C19H19Cl2NO3/c20-16-9-4-10-17(21)15(16)12-19(24)25-13-18(23)22-11-5-8-14-6-2-1-3-7-14/h1-4,6-7,9-10H,5,8,11-13H2,(H,22,23). The molecule has 0 atom stereocenters. The van der Waals surface area contributed by atoms with E-state index in [1.165, 1.54) is 5.56 Å². The highest BCUT2D eigenvalue weighted by atomic mass is 35.5. The van der Waals surface area contributed by atoms with Crippen LogP contribution in [-0.4, -0.2) is 25.0 Å². The SMILES string of the molecule is O=C(COC(=O)Cc1c(Cl)cccc1Cl)NCCCc1ccccc1. The zero-order valence-corrected chi connectivity index (χ0v) is 15.1. The summed E-state index contributed by atoms with van der Waals surface area (Å²) in [5.41, 5.74) is 1.72. The molecule has 0 bridgehead atoms. The molecular weight excluding hydrogens is 361 g/mol. The monoisotopic (exact) mass is 379 g/mol. The van der Waals surface area contributed by atoms with Gasteiger partial charge in [0.25, 0.3) is 5.91 Å². The maximum absolute atomic E-state index is 11.8. The van der Waals surface area contributed by atoms with Crippen molar-refractivity contribution in [1.82, 2.24) is 5.32 Å². The number of esters is 1. The number of rotatable bonds is 8. The number of hydrogen-bond donors (Lipinski definition) is 1. The van der Waals surface area contributed by atoms with Crippen LogP contribution in [0.25, 0.3) is 0 Å². The molecule has 1 N–H and O–H groups in total. The van der Waals surface area contributed by atoms with Crippen LogP contribution in [0.5, 0.6) is 0 Å². The quantitative estimate of drug-likeness (QED) is 0.560. The Morgan fingerprint density at radius 2 is 1.64 bits per heavy atom. The van der Waals surface area contributed by atoms with Gasteiger partial charge in [0.05, 0.1) is 6.42 Å². The number of amides is 1. The van der Waals surface area contributed by atoms with Crippen LogP contribution in [0.1, 0.15) is 17.5 Å². The molecule has 0 aliphatic carbocycles. The van der Waals surface area contributed by atoms with Crippen LogP contribution in [0.15, 0.2) is 48.5 Å². The van der Waals surface area contributed by atoms with Gasteiger partial charge in [0.1, 0.15) is 0 Å². The molecule has 6 heteroatoms. The van der Waals surface area contributed by atoms with Gasteiger partial charge in [-0.05, 0) is 30.5 Å². The average molecular weight is 380 g/mol. The number of aryl methyl sites for hydroxylation is 1. The van der Waals surface area contributed by atoms with Gasteiger partial charge >= 0.3 is 5.97 Å². The Morgan fingerprint density at radius 3 is 2.32 bits per heavy atom. The molecule has 2 rings (SSSR count). The maximum atomic E-state index is 11.8. The molecule has 1 amide bonds. The predicted octanol–water partition coefficient (Wildman–Crippen LogP) is 3.83. The zero-order chi connectivity index (χ0) is 18.1. The highest BCUT2D eigenvalue weighted by Crippen LogP contribution is 2.24. The van der Waals surface area contributed by atoms with E-state index in [4.69, 9.17) is 27.9 Å². The first-order chi connectivity index (χ1) is 12.1. The molecule has 0 radical (unpaired) electrons. The number of ether oxygens (including phenoxy) is 1. The van der Waals surface area contributed by atoms with E-state index in [1.54, 1.807) is 18.2 Å². The fourth-order valence-electron chi connectivity index (χ4n) is 2.26. The van der Waals surface area contributed by atoms with E-state index in [9.17, 15) is 9.59 Å². The number of carbonyl (C=O) groups excluding carboxylic acids is 2. The van der Waals surface area contributed by atoms with Gasteiger partial charge in [0.15, 0.2) is 6.61 Å². The van der Waals surface area contributed by atoms with Crippen LogP contribution in [0.2, 0.25) is 10.0 Å². The highest BCUT2D eigenvalue weighted by Gasteiger charge is 2.13. The number of halogens is 2. The Morgan fingerprint density at radius 1 is 0.960 bits per heavy atom. The molecule has 25 heavy (non-hydrogen) atoms. The topological polar surface area (TPSA) is 55.4 Å². The molecular formula is C19H19Cl2NO3. The van der Waals surface area contributed by atoms with E-state index in [0.717, 1.165) is 12.8 Å². The van der Waals surface area contributed by atoms with Crippen molar-refractivity contribution in [2.45, 2.75) is 19.3 Å². The third kappa shape index (κ3) is 6.77. The van der Waals surface area contributed by atoms with E-state index >= 15 is 0 Å². The summed E-state index contributed by atoms with van der Waals surface area (Å²) >= 11 is 12.0. The molecule has 0 spiro atoms. The van der Waals surface area contributed by atoms with Crippen molar-refractivity contribution in [2.75, 3.05) is 13.2 Å². The molecule has 0 heterocycles. The van der Waals surface area contributed by atoms with Gasteiger partial charge in [-0.1, -0.05) is 59.6 Å². The summed E-state index contributed by atoms with van der Waals surface area (Å²) in [5, 5.41) is 3.52. The van der Waals surface area contributed by atoms with Crippen molar-refractivity contribution in [2.24, 2.45) is 0 Å². The summed E-state index contributed by atoms with van der Waals surface area (Å²) in [5.74, 6) is -0.874. The summed E-state index contributed by atoms with van der Waals surface area (Å²) < 4.78 is 4.96. The number of carbonyl (C=O) groups is 2. The lowest BCUT2D eigenvalue weighted by Crippen LogP contribution is -2.30. The molecule has 2 aromatic rings. The van der Waals surface area contributed by atoms with Gasteiger partial charge in [-0.2, -0.15) is 0 Å². The van der Waals surface area contributed by atoms with Gasteiger partial charge in [0, 0.05) is 22.2 Å². The van der Waals surface area contributed by atoms with Crippen molar-refractivity contribution in [1.29, 1.82) is 0 Å². The highest BCUT2D eigenvalue weighted by molar-refractivity contribution is 6.36. The second kappa shape index (κ2) is 10.1. The van der Waals surface area contributed by atoms with E-state index in [1.807, 2.05) is 30.3 Å². The Kier molecular flexibility index (Phi) is 7.76. The zero-order valence-electron chi connectivity index (χ0n) is 13.6. The number of benzene rings is 2. The molecule has 0 aliphatic rings. The van der Waals surface area contributed by atoms with Crippen molar-refractivity contribution >= 4 is 35.1 Å². The Bertz CT molecular complexity index is 700. The van der Waals surface area contributed by atoms with Crippen LogP contribution >= 0.6 is 23.2 Å². The minimum Gasteiger partial charge on any atom is -0.455 e. The molecule has 0 saturated heterocycles. The molecule has 0 fully saturated rings. The number of nitrogens with one attached hydrogen (secondary N) is 1. The van der Waals surface area contributed by atoms with Gasteiger partial charge in [-0.15, -0.1) is 0 Å². The van der Waals surface area contributed by atoms with Gasteiger partial charge in [-0.3, -0.25) is 9.59 Å². The Balaban J connectivity index is 1.65. The van der Waals surface area contributed by atoms with Crippen LogP contribution in [0.3, 0.4) is 0 Å². The minimum atomic E-state index is -0.547. The largest absolute Gasteiger partial charge is 0.455 e. The second-order valence-corrected chi connectivity index (χ2v) is 6.29. The predicted molar refractivity (Wildman–Crippen MR) is 98.9 cm³/mol. The average Bonchev–Trinajstić information content (AvgIpc) is 2.61. The molecule has 0 saturated carbocycles. The summed E-state index contributed by atoms with van der Waals surface area (Å²) in [6, 6.07) is 15.0. The first-order valence-corrected chi connectivity index (χ1v) is 8.71. The Labute approximate surface area is 157 Å². The van der Waals surface area contributed by atoms with Crippen LogP contribution < -0.4 is 5.32 Å². The van der Waals surface area contributed by atoms with Crippen LogP contribution in [-0.2, 0) is 27.2 Å². The molecule has 0 aliphatic heterocycles. The van der Waals surface area contributed by atoms with Gasteiger partial charge < -0.3 is 10.1 Å². The maximum Gasteiger partial charge on any atom is 0.310 e. The normalized spacial score (nSPS) is 10.3. The smallest absolute Gasteiger partial charge is 0.310 e. The lowest BCUT2D eigenvalue weighted by atomic mass is 10.1. The second-order valence-electron chi connectivity index (χ2n) is 5.48.